The van der Waals surface area contributed by atoms with E-state index < -0.39 is 0 Å². The van der Waals surface area contributed by atoms with E-state index in [4.69, 9.17) is 0 Å². The van der Waals surface area contributed by atoms with E-state index in [1.54, 1.807) is 22.8 Å². The molecule has 3 aromatic rings. The number of aromatic nitrogens is 2. The Morgan fingerprint density at radius 3 is 2.77 bits per heavy atom. The van der Waals surface area contributed by atoms with E-state index in [2.05, 4.69) is 16.5 Å². The van der Waals surface area contributed by atoms with Crippen molar-refractivity contribution in [1.82, 2.24) is 14.6 Å². The molecular formula is C20H20N4O2. The molecule has 2 amide bonds. The van der Waals surface area contributed by atoms with Gasteiger partial charge in [-0.1, -0.05) is 36.4 Å². The molecule has 26 heavy (non-hydrogen) atoms. The highest BCUT2D eigenvalue weighted by Crippen LogP contribution is 2.32. The van der Waals surface area contributed by atoms with Crippen molar-refractivity contribution < 1.29 is 9.59 Å². The number of nitrogens with zero attached hydrogens (tertiary/aromatic N) is 3. The minimum absolute atomic E-state index is 0.00890. The molecule has 0 saturated carbocycles. The summed E-state index contributed by atoms with van der Waals surface area (Å²) in [6.45, 7) is 2.19. The van der Waals surface area contributed by atoms with Gasteiger partial charge in [0.25, 0.3) is 0 Å². The number of hydrogen-bond donors (Lipinski definition) is 1. The first-order chi connectivity index (χ1) is 12.6. The van der Waals surface area contributed by atoms with Gasteiger partial charge in [-0.3, -0.25) is 15.0 Å². The summed E-state index contributed by atoms with van der Waals surface area (Å²) in [6.07, 6.45) is 2.63. The second-order valence-corrected chi connectivity index (χ2v) is 6.52. The minimum Gasteiger partial charge on any atom is -0.335 e. The highest BCUT2D eigenvalue weighted by molar-refractivity contribution is 5.87. The molecule has 1 aromatic heterocycles. The SMILES string of the molecule is CC(=O)N1CCc2ccccc2C1CC(=O)Nn1cnc2ccccc21. The maximum atomic E-state index is 12.7. The van der Waals surface area contributed by atoms with Crippen LogP contribution in [0.5, 0.6) is 0 Å². The predicted molar refractivity (Wildman–Crippen MR) is 99.0 cm³/mol. The van der Waals surface area contributed by atoms with Crippen LogP contribution in [0.2, 0.25) is 0 Å². The summed E-state index contributed by atoms with van der Waals surface area (Å²) in [5.74, 6) is -0.161. The van der Waals surface area contributed by atoms with Gasteiger partial charge < -0.3 is 4.90 Å². The highest BCUT2D eigenvalue weighted by atomic mass is 16.2. The van der Waals surface area contributed by atoms with Gasteiger partial charge in [0, 0.05) is 13.5 Å². The van der Waals surface area contributed by atoms with E-state index in [1.165, 1.54) is 5.56 Å². The highest BCUT2D eigenvalue weighted by Gasteiger charge is 2.30. The Balaban J connectivity index is 1.58. The van der Waals surface area contributed by atoms with Gasteiger partial charge >= 0.3 is 0 Å². The molecule has 6 nitrogen and oxygen atoms in total. The number of nitrogens with one attached hydrogen (secondary N) is 1. The maximum Gasteiger partial charge on any atom is 0.241 e. The number of para-hydroxylation sites is 2. The van der Waals surface area contributed by atoms with Crippen LogP contribution in [0.4, 0.5) is 0 Å². The number of hydrogen-bond acceptors (Lipinski definition) is 3. The summed E-state index contributed by atoms with van der Waals surface area (Å²) in [5, 5.41) is 0. The van der Waals surface area contributed by atoms with Crippen molar-refractivity contribution >= 4 is 22.8 Å². The number of benzene rings is 2. The molecule has 0 saturated heterocycles. The van der Waals surface area contributed by atoms with Crippen molar-refractivity contribution in [3.63, 3.8) is 0 Å². The quantitative estimate of drug-likeness (QED) is 0.791. The molecule has 1 atom stereocenters. The zero-order chi connectivity index (χ0) is 18.1. The second kappa shape index (κ2) is 6.63. The zero-order valence-corrected chi connectivity index (χ0v) is 14.6. The van der Waals surface area contributed by atoms with Gasteiger partial charge in [0.15, 0.2) is 0 Å². The lowest BCUT2D eigenvalue weighted by Gasteiger charge is -2.36. The molecule has 2 aromatic carbocycles. The summed E-state index contributed by atoms with van der Waals surface area (Å²) in [7, 11) is 0. The molecule has 0 aliphatic carbocycles. The number of carbonyl (C=O) groups is 2. The van der Waals surface area contributed by atoms with Crippen molar-refractivity contribution in [3.8, 4) is 0 Å². The molecule has 132 valence electrons. The normalized spacial score (nSPS) is 16.3. The summed E-state index contributed by atoms with van der Waals surface area (Å²) in [5.41, 5.74) is 6.80. The largest absolute Gasteiger partial charge is 0.335 e. The van der Waals surface area contributed by atoms with Gasteiger partial charge in [0.2, 0.25) is 11.8 Å². The molecule has 1 N–H and O–H groups in total. The third kappa shape index (κ3) is 2.94. The summed E-state index contributed by atoms with van der Waals surface area (Å²) in [6, 6.07) is 15.4. The topological polar surface area (TPSA) is 67.2 Å². The van der Waals surface area contributed by atoms with Gasteiger partial charge in [-0.15, -0.1) is 0 Å². The molecule has 0 spiro atoms. The molecule has 2 heterocycles. The van der Waals surface area contributed by atoms with Crippen LogP contribution >= 0.6 is 0 Å². The van der Waals surface area contributed by atoms with Crippen LogP contribution in [0, 0.1) is 0 Å². The fourth-order valence-electron chi connectivity index (χ4n) is 3.65. The van der Waals surface area contributed by atoms with Crippen LogP contribution in [0.15, 0.2) is 54.9 Å². The van der Waals surface area contributed by atoms with Crippen LogP contribution < -0.4 is 5.43 Å². The summed E-state index contributed by atoms with van der Waals surface area (Å²) >= 11 is 0. The Labute approximate surface area is 151 Å². The van der Waals surface area contributed by atoms with E-state index in [0.29, 0.717) is 6.54 Å². The van der Waals surface area contributed by atoms with E-state index in [9.17, 15) is 9.59 Å². The molecule has 0 fully saturated rings. The lowest BCUT2D eigenvalue weighted by Crippen LogP contribution is -2.40. The van der Waals surface area contributed by atoms with Gasteiger partial charge in [-0.25, -0.2) is 9.66 Å². The van der Waals surface area contributed by atoms with Gasteiger partial charge in [-0.05, 0) is 29.7 Å². The molecule has 4 rings (SSSR count). The van der Waals surface area contributed by atoms with Crippen LogP contribution in [-0.2, 0) is 16.0 Å². The third-order valence-electron chi connectivity index (χ3n) is 4.89. The minimum atomic E-state index is -0.243. The molecule has 0 radical (unpaired) electrons. The van der Waals surface area contributed by atoms with Crippen molar-refractivity contribution in [1.29, 1.82) is 0 Å². The van der Waals surface area contributed by atoms with Gasteiger partial charge in [-0.2, -0.15) is 0 Å². The first-order valence-corrected chi connectivity index (χ1v) is 8.70. The van der Waals surface area contributed by atoms with Crippen LogP contribution in [0.25, 0.3) is 11.0 Å². The second-order valence-electron chi connectivity index (χ2n) is 6.52. The Hall–Kier alpha value is -3.15. The fourth-order valence-corrected chi connectivity index (χ4v) is 3.65. The molecule has 6 heteroatoms. The fraction of sp³-hybridized carbons (Fsp3) is 0.250. The van der Waals surface area contributed by atoms with E-state index in [1.807, 2.05) is 42.5 Å². The monoisotopic (exact) mass is 348 g/mol. The van der Waals surface area contributed by atoms with E-state index in [-0.39, 0.29) is 24.3 Å². The number of carbonyl (C=O) groups excluding carboxylic acids is 2. The zero-order valence-electron chi connectivity index (χ0n) is 14.6. The number of rotatable bonds is 3. The summed E-state index contributed by atoms with van der Waals surface area (Å²) in [4.78, 5) is 30.8. The maximum absolute atomic E-state index is 12.7. The van der Waals surface area contributed by atoms with Crippen LogP contribution in [0.3, 0.4) is 0 Å². The van der Waals surface area contributed by atoms with Crippen LogP contribution in [-0.4, -0.2) is 32.9 Å². The van der Waals surface area contributed by atoms with Crippen LogP contribution in [0.1, 0.15) is 30.5 Å². The summed E-state index contributed by atoms with van der Waals surface area (Å²) < 4.78 is 1.63. The Morgan fingerprint density at radius 2 is 1.92 bits per heavy atom. The van der Waals surface area contributed by atoms with Crippen molar-refractivity contribution in [3.05, 3.63) is 66.0 Å². The number of imidazole rings is 1. The Morgan fingerprint density at radius 1 is 1.15 bits per heavy atom. The Kier molecular flexibility index (Phi) is 4.16. The molecule has 0 bridgehead atoms. The predicted octanol–water partition coefficient (Wildman–Crippen LogP) is 2.64. The average molecular weight is 348 g/mol. The van der Waals surface area contributed by atoms with Crippen molar-refractivity contribution in [2.24, 2.45) is 0 Å². The molecule has 1 aliphatic rings. The number of amides is 2. The molecular weight excluding hydrogens is 328 g/mol. The lowest BCUT2D eigenvalue weighted by molar-refractivity contribution is -0.132. The van der Waals surface area contributed by atoms with Crippen molar-refractivity contribution in [2.45, 2.75) is 25.8 Å². The van der Waals surface area contributed by atoms with Gasteiger partial charge in [0.05, 0.1) is 23.5 Å². The number of fused-ring (bicyclic) bond motifs is 2. The lowest BCUT2D eigenvalue weighted by atomic mass is 9.90. The van der Waals surface area contributed by atoms with E-state index >= 15 is 0 Å². The first-order valence-electron chi connectivity index (χ1n) is 8.70. The smallest absolute Gasteiger partial charge is 0.241 e. The molecule has 1 aliphatic heterocycles. The van der Waals surface area contributed by atoms with E-state index in [0.717, 1.165) is 23.0 Å². The molecule has 1 unspecified atom stereocenters. The average Bonchev–Trinajstić information content (AvgIpc) is 3.04. The Bertz CT molecular complexity index is 979. The first kappa shape index (κ1) is 16.3. The standard InChI is InChI=1S/C20H20N4O2/c1-14(25)23-11-10-15-6-2-3-7-16(15)19(23)12-20(26)22-24-13-21-17-8-4-5-9-18(17)24/h2-9,13,19H,10-12H2,1H3,(H,22,26). The van der Waals surface area contributed by atoms with Crippen molar-refractivity contribution in [2.75, 3.05) is 12.0 Å². The van der Waals surface area contributed by atoms with Gasteiger partial charge in [0.1, 0.15) is 6.33 Å². The third-order valence-corrected chi connectivity index (χ3v) is 4.89.